The van der Waals surface area contributed by atoms with Crippen LogP contribution in [0, 0.1) is 0 Å². The molecule has 0 saturated carbocycles. The van der Waals surface area contributed by atoms with Crippen LogP contribution < -0.4 is 0 Å². The number of rotatable bonds is 1. The molecule has 100 valence electrons. The Hall–Kier alpha value is -1.22. The first-order chi connectivity index (χ1) is 5.33. The second-order valence-electron chi connectivity index (χ2n) is 0.437. The van der Waals surface area contributed by atoms with E-state index in [-0.39, 0.29) is 29.1 Å². The van der Waals surface area contributed by atoms with Gasteiger partial charge in [-0.15, -0.1) is 0 Å². The molecule has 0 aliphatic heterocycles. The van der Waals surface area contributed by atoms with Crippen LogP contribution in [-0.2, 0) is 14.3 Å². The van der Waals surface area contributed by atoms with Crippen LogP contribution in [0.2, 0.25) is 0 Å². The number of ether oxygens (including phenoxy) is 1. The van der Waals surface area contributed by atoms with Crippen LogP contribution >= 0.6 is 0 Å². The molecule has 0 fully saturated rings. The van der Waals surface area contributed by atoms with E-state index in [1.807, 2.05) is 0 Å². The molecule has 0 bridgehead atoms. The predicted octanol–water partition coefficient (Wildman–Crippen LogP) is -1.57. The summed E-state index contributed by atoms with van der Waals surface area (Å²) in [5.74, 6) is 0. The van der Waals surface area contributed by atoms with Crippen molar-refractivity contribution in [2.45, 2.75) is 7.43 Å². The lowest BCUT2D eigenvalue weighted by Crippen LogP contribution is -1.68. The third-order valence-corrected chi connectivity index (χ3v) is 0.0962. The maximum Gasteiger partial charge on any atom is 0.292 e. The summed E-state index contributed by atoms with van der Waals surface area (Å²) in [6.07, 6.45) is 0. The third-order valence-electron chi connectivity index (χ3n) is 0.0962. The highest BCUT2D eigenvalue weighted by Gasteiger charge is 1.44. The van der Waals surface area contributed by atoms with Crippen molar-refractivity contribution >= 4 is 12.9 Å². The number of hydrogen-bond acceptors (Lipinski definition) is 5. The molecular weight excluding hydrogens is 200 g/mol. The van der Waals surface area contributed by atoms with Gasteiger partial charge in [-0.3, -0.25) is 9.59 Å². The van der Waals surface area contributed by atoms with Crippen LogP contribution in [0.25, 0.3) is 0 Å². The van der Waals surface area contributed by atoms with E-state index in [0.717, 1.165) is 14.2 Å². The van der Waals surface area contributed by atoms with Crippen LogP contribution in [0.3, 0.4) is 0 Å². The molecule has 0 aliphatic carbocycles. The molecule has 0 aromatic heterocycles. The highest BCUT2D eigenvalue weighted by molar-refractivity contribution is 5.36. The van der Waals surface area contributed by atoms with Crippen molar-refractivity contribution in [1.82, 2.24) is 0 Å². The van der Waals surface area contributed by atoms with E-state index in [0.29, 0.717) is 6.47 Å². The van der Waals surface area contributed by atoms with Crippen molar-refractivity contribution in [3.05, 3.63) is 0 Å². The Bertz CT molecular complexity index is 60.5. The van der Waals surface area contributed by atoms with Crippen LogP contribution in [0.4, 0.5) is 0 Å². The zero-order chi connectivity index (χ0) is 10.1. The summed E-state index contributed by atoms with van der Waals surface area (Å²) in [5, 5.41) is 20.9. The third kappa shape index (κ3) is 21300. The van der Waals surface area contributed by atoms with E-state index in [1.165, 1.54) is 7.11 Å². The number of aliphatic hydroxyl groups excluding tert-OH is 2. The Labute approximate surface area is 87.8 Å². The SMILES string of the molecule is C.CO.CO.COC=O.O.O.O=CO.[HH].[HH].[HH]. The molecule has 0 amide bonds. The van der Waals surface area contributed by atoms with Gasteiger partial charge in [-0.05, 0) is 0 Å². The first-order valence-corrected chi connectivity index (χ1v) is 2.27. The summed E-state index contributed by atoms with van der Waals surface area (Å²) in [6.45, 7) is 0.125. The second kappa shape index (κ2) is 432. The maximum atomic E-state index is 8.95. The van der Waals surface area contributed by atoms with Gasteiger partial charge < -0.3 is 31.0 Å². The fourth-order valence-electron chi connectivity index (χ4n) is 0. The molecule has 0 aromatic rings. The largest absolute Gasteiger partial charge is 0.483 e. The average Bonchev–Trinajstić information content (AvgIpc) is 2.12. The van der Waals surface area contributed by atoms with Crippen molar-refractivity contribution < 1.29 is 44.9 Å². The maximum absolute atomic E-state index is 8.95. The Balaban J connectivity index is -0.00000000444. The zero-order valence-electron chi connectivity index (χ0n) is 7.72. The standard InChI is InChI=1S/C2H4O2.CH2O2.2CH4O.CH4.2H2O.3H2/c1-4-2-3;2-1-3;2*1-2;;;;;;/h2H,1H3;1H,(H,2,3);2*2H,1H3;1H4;2*1H2;3*1H. The highest BCUT2D eigenvalue weighted by Crippen LogP contribution is 1.35. The van der Waals surface area contributed by atoms with E-state index in [9.17, 15) is 0 Å². The summed E-state index contributed by atoms with van der Waals surface area (Å²) in [7, 11) is 3.31. The zero-order valence-corrected chi connectivity index (χ0v) is 7.72. The van der Waals surface area contributed by atoms with Crippen molar-refractivity contribution in [3.63, 3.8) is 0 Å². The van der Waals surface area contributed by atoms with Gasteiger partial charge in [-0.2, -0.15) is 0 Å². The van der Waals surface area contributed by atoms with Gasteiger partial charge in [-0.1, -0.05) is 7.43 Å². The van der Waals surface area contributed by atoms with Crippen molar-refractivity contribution in [1.29, 1.82) is 0 Å². The highest BCUT2D eigenvalue weighted by atomic mass is 16.5. The molecule has 0 rings (SSSR count). The van der Waals surface area contributed by atoms with Crippen LogP contribution in [0.15, 0.2) is 0 Å². The smallest absolute Gasteiger partial charge is 0.292 e. The molecule has 0 aliphatic rings. The first-order valence-electron chi connectivity index (χ1n) is 2.27. The quantitative estimate of drug-likeness (QED) is 0.458. The van der Waals surface area contributed by atoms with Gasteiger partial charge in [-0.25, -0.2) is 0 Å². The van der Waals surface area contributed by atoms with Crippen LogP contribution in [0.5, 0.6) is 0 Å². The fraction of sp³-hybridized carbons (Fsp3) is 0.667. The van der Waals surface area contributed by atoms with Crippen molar-refractivity contribution in [3.8, 4) is 0 Å². The molecule has 0 unspecified atom stereocenters. The topological polar surface area (TPSA) is 167 Å². The first kappa shape index (κ1) is 53.1. The van der Waals surface area contributed by atoms with E-state index in [2.05, 4.69) is 4.74 Å². The monoisotopic (exact) mass is 228 g/mol. The summed E-state index contributed by atoms with van der Waals surface area (Å²) >= 11 is 0. The van der Waals surface area contributed by atoms with Crippen LogP contribution in [-0.4, -0.2) is 60.5 Å². The molecule has 0 aromatic carbocycles. The molecule has 8 heteroatoms. The van der Waals surface area contributed by atoms with E-state index in [1.54, 1.807) is 0 Å². The molecule has 8 nitrogen and oxygen atoms in total. The van der Waals surface area contributed by atoms with Crippen molar-refractivity contribution in [2.24, 2.45) is 0 Å². The van der Waals surface area contributed by atoms with Gasteiger partial charge >= 0.3 is 0 Å². The van der Waals surface area contributed by atoms with Gasteiger partial charge in [0.05, 0.1) is 7.11 Å². The van der Waals surface area contributed by atoms with Crippen molar-refractivity contribution in [2.75, 3.05) is 21.3 Å². The summed E-state index contributed by atoms with van der Waals surface area (Å²) in [5.41, 5.74) is 0. The average molecular weight is 228 g/mol. The number of methoxy groups -OCH3 is 1. The number of carbonyl (C=O) groups excluding carboxylic acids is 1. The van der Waals surface area contributed by atoms with Gasteiger partial charge in [0.1, 0.15) is 0 Å². The molecule has 0 spiro atoms. The molecule has 0 saturated heterocycles. The van der Waals surface area contributed by atoms with Gasteiger partial charge in [0.15, 0.2) is 0 Å². The second-order valence-corrected chi connectivity index (χ2v) is 0.437. The van der Waals surface area contributed by atoms with E-state index >= 15 is 0 Å². The summed E-state index contributed by atoms with van der Waals surface area (Å²) in [6, 6.07) is 0. The molecule has 0 radical (unpaired) electrons. The van der Waals surface area contributed by atoms with E-state index in [4.69, 9.17) is 24.9 Å². The molecule has 0 heterocycles. The number of hydrogen-bond donors (Lipinski definition) is 3. The Morgan fingerprint density at radius 3 is 1.14 bits per heavy atom. The van der Waals surface area contributed by atoms with Gasteiger partial charge in [0.2, 0.25) is 0 Å². The lowest BCUT2D eigenvalue weighted by Gasteiger charge is -1.67. The molecule has 0 atom stereocenters. The lowest BCUT2D eigenvalue weighted by atomic mass is 11.5. The molecular formula is C6H28O8. The van der Waals surface area contributed by atoms with E-state index < -0.39 is 0 Å². The predicted molar refractivity (Wildman–Crippen MR) is 58.4 cm³/mol. The number of carboxylic acid groups (broad SMARTS) is 1. The fourth-order valence-corrected chi connectivity index (χ4v) is 0. The summed E-state index contributed by atoms with van der Waals surface area (Å²) in [4.78, 5) is 17.3. The minimum atomic E-state index is -0.250. The van der Waals surface area contributed by atoms with Gasteiger partial charge in [0.25, 0.3) is 12.9 Å². The Morgan fingerprint density at radius 2 is 1.14 bits per heavy atom. The number of carbonyl (C=O) groups is 2. The Morgan fingerprint density at radius 1 is 1.07 bits per heavy atom. The minimum absolute atomic E-state index is 0. The minimum Gasteiger partial charge on any atom is -0.483 e. The Kier molecular flexibility index (Phi) is 1640. The molecule has 14 heavy (non-hydrogen) atoms. The summed E-state index contributed by atoms with van der Waals surface area (Å²) < 4.78 is 3.86. The lowest BCUT2D eigenvalue weighted by molar-refractivity contribution is -0.126. The van der Waals surface area contributed by atoms with Crippen LogP contribution in [0.1, 0.15) is 11.7 Å². The molecule has 7 N–H and O–H groups in total. The normalized spacial score (nSPS) is 3.21. The number of aliphatic hydroxyl groups is 2. The van der Waals surface area contributed by atoms with Gasteiger partial charge in [0, 0.05) is 18.5 Å².